The number of rotatable bonds is 3. The van der Waals surface area contributed by atoms with Gasteiger partial charge in [0.1, 0.15) is 5.82 Å². The summed E-state index contributed by atoms with van der Waals surface area (Å²) in [6, 6.07) is 4.98. The highest BCUT2D eigenvalue weighted by molar-refractivity contribution is 5.25. The summed E-state index contributed by atoms with van der Waals surface area (Å²) >= 11 is 0. The highest BCUT2D eigenvalue weighted by Crippen LogP contribution is 2.26. The molecule has 0 aliphatic heterocycles. The standard InChI is InChI=1S/C14H22FN/c1-10-7-11(9-12(15)8-10)13(16)5-6-14(2,3)4/h7-9,13H,5-6,16H2,1-4H3. The van der Waals surface area contributed by atoms with Gasteiger partial charge in [0, 0.05) is 6.04 Å². The van der Waals surface area contributed by atoms with E-state index in [0.29, 0.717) is 0 Å². The minimum absolute atomic E-state index is 0.0615. The van der Waals surface area contributed by atoms with Crippen LogP contribution in [0.5, 0.6) is 0 Å². The molecule has 0 aliphatic rings. The van der Waals surface area contributed by atoms with Crippen molar-refractivity contribution in [3.63, 3.8) is 0 Å². The number of nitrogens with two attached hydrogens (primary N) is 1. The van der Waals surface area contributed by atoms with Crippen LogP contribution in [0.2, 0.25) is 0 Å². The van der Waals surface area contributed by atoms with Gasteiger partial charge in [-0.05, 0) is 48.4 Å². The van der Waals surface area contributed by atoms with Crippen molar-refractivity contribution in [3.8, 4) is 0 Å². The Labute approximate surface area is 97.9 Å². The molecule has 0 spiro atoms. The summed E-state index contributed by atoms with van der Waals surface area (Å²) in [7, 11) is 0. The number of hydrogen-bond acceptors (Lipinski definition) is 1. The van der Waals surface area contributed by atoms with Crippen LogP contribution in [0.3, 0.4) is 0 Å². The minimum Gasteiger partial charge on any atom is -0.324 e. The van der Waals surface area contributed by atoms with Crippen LogP contribution in [-0.2, 0) is 0 Å². The van der Waals surface area contributed by atoms with E-state index in [0.717, 1.165) is 24.0 Å². The average molecular weight is 223 g/mol. The molecule has 0 saturated carbocycles. The average Bonchev–Trinajstić information content (AvgIpc) is 2.11. The summed E-state index contributed by atoms with van der Waals surface area (Å²) in [4.78, 5) is 0. The third-order valence-electron chi connectivity index (χ3n) is 2.70. The fraction of sp³-hybridized carbons (Fsp3) is 0.571. The molecule has 1 aromatic rings. The lowest BCUT2D eigenvalue weighted by molar-refractivity contribution is 0.349. The molecule has 0 fully saturated rings. The predicted molar refractivity (Wildman–Crippen MR) is 66.8 cm³/mol. The Bertz CT molecular complexity index is 332. The van der Waals surface area contributed by atoms with Crippen molar-refractivity contribution < 1.29 is 4.39 Å². The quantitative estimate of drug-likeness (QED) is 0.824. The van der Waals surface area contributed by atoms with E-state index in [1.165, 1.54) is 6.07 Å². The summed E-state index contributed by atoms with van der Waals surface area (Å²) in [6.45, 7) is 8.46. The smallest absolute Gasteiger partial charge is 0.123 e. The van der Waals surface area contributed by atoms with E-state index in [1.54, 1.807) is 6.07 Å². The van der Waals surface area contributed by atoms with Crippen LogP contribution < -0.4 is 5.73 Å². The van der Waals surface area contributed by atoms with Crippen molar-refractivity contribution >= 4 is 0 Å². The molecule has 90 valence electrons. The highest BCUT2D eigenvalue weighted by atomic mass is 19.1. The monoisotopic (exact) mass is 223 g/mol. The molecular formula is C14H22FN. The summed E-state index contributed by atoms with van der Waals surface area (Å²) in [5, 5.41) is 0. The van der Waals surface area contributed by atoms with Gasteiger partial charge in [-0.15, -0.1) is 0 Å². The molecule has 1 unspecified atom stereocenters. The van der Waals surface area contributed by atoms with Gasteiger partial charge in [-0.2, -0.15) is 0 Å². The van der Waals surface area contributed by atoms with Crippen LogP contribution in [0.1, 0.15) is 50.8 Å². The number of hydrogen-bond donors (Lipinski definition) is 1. The van der Waals surface area contributed by atoms with Crippen molar-refractivity contribution in [3.05, 3.63) is 35.1 Å². The molecule has 1 nitrogen and oxygen atoms in total. The zero-order chi connectivity index (χ0) is 12.3. The van der Waals surface area contributed by atoms with Crippen LogP contribution in [-0.4, -0.2) is 0 Å². The largest absolute Gasteiger partial charge is 0.324 e. The van der Waals surface area contributed by atoms with Crippen molar-refractivity contribution in [2.45, 2.75) is 46.6 Å². The lowest BCUT2D eigenvalue weighted by atomic mass is 9.87. The molecule has 2 heteroatoms. The number of aryl methyl sites for hydroxylation is 1. The van der Waals surface area contributed by atoms with E-state index < -0.39 is 0 Å². The highest BCUT2D eigenvalue weighted by Gasteiger charge is 2.14. The zero-order valence-electron chi connectivity index (χ0n) is 10.7. The maximum atomic E-state index is 13.2. The Balaban J connectivity index is 2.69. The van der Waals surface area contributed by atoms with Gasteiger partial charge in [0.15, 0.2) is 0 Å². The first kappa shape index (κ1) is 13.2. The maximum absolute atomic E-state index is 13.2. The summed E-state index contributed by atoms with van der Waals surface area (Å²) in [5.74, 6) is -0.193. The second-order valence-corrected chi connectivity index (χ2v) is 5.77. The first-order chi connectivity index (χ1) is 7.28. The SMILES string of the molecule is Cc1cc(F)cc(C(N)CCC(C)(C)C)c1. The van der Waals surface area contributed by atoms with Gasteiger partial charge in [0.25, 0.3) is 0 Å². The van der Waals surface area contributed by atoms with Crippen LogP contribution in [0.15, 0.2) is 18.2 Å². The van der Waals surface area contributed by atoms with Gasteiger partial charge in [-0.3, -0.25) is 0 Å². The van der Waals surface area contributed by atoms with E-state index in [-0.39, 0.29) is 17.3 Å². The molecular weight excluding hydrogens is 201 g/mol. The maximum Gasteiger partial charge on any atom is 0.123 e. The van der Waals surface area contributed by atoms with Crippen LogP contribution in [0.4, 0.5) is 4.39 Å². The van der Waals surface area contributed by atoms with E-state index >= 15 is 0 Å². The molecule has 2 N–H and O–H groups in total. The molecule has 0 bridgehead atoms. The van der Waals surface area contributed by atoms with Crippen molar-refractivity contribution in [2.75, 3.05) is 0 Å². The molecule has 0 saturated heterocycles. The lowest BCUT2D eigenvalue weighted by Gasteiger charge is -2.21. The molecule has 0 aliphatic carbocycles. The van der Waals surface area contributed by atoms with Crippen molar-refractivity contribution in [1.82, 2.24) is 0 Å². The first-order valence-electron chi connectivity index (χ1n) is 5.80. The molecule has 0 heterocycles. The van der Waals surface area contributed by atoms with Crippen molar-refractivity contribution in [1.29, 1.82) is 0 Å². The normalized spacial score (nSPS) is 13.9. The molecule has 1 aromatic carbocycles. The van der Waals surface area contributed by atoms with Gasteiger partial charge < -0.3 is 5.73 Å². The van der Waals surface area contributed by atoms with Crippen LogP contribution >= 0.6 is 0 Å². The Morgan fingerprint density at radius 2 is 1.88 bits per heavy atom. The third kappa shape index (κ3) is 4.31. The van der Waals surface area contributed by atoms with E-state index in [4.69, 9.17) is 5.73 Å². The fourth-order valence-electron chi connectivity index (χ4n) is 1.73. The molecule has 0 amide bonds. The second-order valence-electron chi connectivity index (χ2n) is 5.77. The topological polar surface area (TPSA) is 26.0 Å². The molecule has 0 aromatic heterocycles. The van der Waals surface area contributed by atoms with Gasteiger partial charge in [0.2, 0.25) is 0 Å². The third-order valence-corrected chi connectivity index (χ3v) is 2.70. The zero-order valence-corrected chi connectivity index (χ0v) is 10.7. The fourth-order valence-corrected chi connectivity index (χ4v) is 1.73. The van der Waals surface area contributed by atoms with E-state index in [1.807, 2.05) is 13.0 Å². The Hall–Kier alpha value is -0.890. The second kappa shape index (κ2) is 4.96. The molecule has 1 atom stereocenters. The number of benzene rings is 1. The summed E-state index contributed by atoms with van der Waals surface area (Å²) < 4.78 is 13.2. The molecule has 16 heavy (non-hydrogen) atoms. The van der Waals surface area contributed by atoms with Crippen molar-refractivity contribution in [2.24, 2.45) is 11.1 Å². The van der Waals surface area contributed by atoms with Gasteiger partial charge >= 0.3 is 0 Å². The van der Waals surface area contributed by atoms with E-state index in [2.05, 4.69) is 20.8 Å². The minimum atomic E-state index is -0.193. The molecule has 0 radical (unpaired) electrons. The molecule has 1 rings (SSSR count). The Morgan fingerprint density at radius 1 is 1.25 bits per heavy atom. The van der Waals surface area contributed by atoms with E-state index in [9.17, 15) is 4.39 Å². The lowest BCUT2D eigenvalue weighted by Crippen LogP contribution is -2.15. The number of halogens is 1. The Kier molecular flexibility index (Phi) is 4.09. The van der Waals surface area contributed by atoms with Gasteiger partial charge in [-0.25, -0.2) is 4.39 Å². The van der Waals surface area contributed by atoms with Crippen LogP contribution in [0, 0.1) is 18.2 Å². The van der Waals surface area contributed by atoms with Gasteiger partial charge in [0.05, 0.1) is 0 Å². The van der Waals surface area contributed by atoms with Crippen LogP contribution in [0.25, 0.3) is 0 Å². The summed E-state index contributed by atoms with van der Waals surface area (Å²) in [5.41, 5.74) is 8.19. The summed E-state index contributed by atoms with van der Waals surface area (Å²) in [6.07, 6.45) is 1.94. The predicted octanol–water partition coefficient (Wildman–Crippen LogP) is 3.96. The van der Waals surface area contributed by atoms with Gasteiger partial charge in [-0.1, -0.05) is 26.8 Å². The Morgan fingerprint density at radius 3 is 2.38 bits per heavy atom. The first-order valence-corrected chi connectivity index (χ1v) is 5.80.